The summed E-state index contributed by atoms with van der Waals surface area (Å²) in [4.78, 5) is 16.7. The minimum atomic E-state index is 0. The molecule has 5 heteroatoms. The second kappa shape index (κ2) is 10.2. The Morgan fingerprint density at radius 3 is 0.760 bits per heavy atom. The van der Waals surface area contributed by atoms with Crippen molar-refractivity contribution in [1.82, 2.24) is 19.9 Å². The smallest absolute Gasteiger partial charge is 0.255 e. The van der Waals surface area contributed by atoms with Gasteiger partial charge in [-0.05, 0) is 48.5 Å². The fourth-order valence-corrected chi connectivity index (χ4v) is 2.06. The number of nitrogens with zero attached hydrogens (tertiary/aromatic N) is 4. The zero-order valence-corrected chi connectivity index (χ0v) is 15.8. The van der Waals surface area contributed by atoms with Crippen LogP contribution in [0.3, 0.4) is 0 Å². The van der Waals surface area contributed by atoms with Crippen LogP contribution in [0.15, 0.2) is 97.6 Å². The molecule has 4 aromatic heterocycles. The molecule has 4 rings (SSSR count). The Hall–Kier alpha value is -2.75. The standard InChI is InChI=1S/2C10H8N2.Ir/c2*1-3-7-11-9(5-1)10-6-2-4-8-12-10;/h2*1-8H;/q;;+3. The van der Waals surface area contributed by atoms with E-state index in [2.05, 4.69) is 19.9 Å². The third-order valence-electron chi connectivity index (χ3n) is 3.18. The zero-order chi connectivity index (χ0) is 16.5. The normalized spacial score (nSPS) is 9.28. The average molecular weight is 505 g/mol. The molecule has 0 saturated heterocycles. The Bertz CT molecular complexity index is 692. The predicted octanol–water partition coefficient (Wildman–Crippen LogP) is 4.28. The minimum Gasteiger partial charge on any atom is -0.255 e. The minimum absolute atomic E-state index is 0. The van der Waals surface area contributed by atoms with E-state index in [4.69, 9.17) is 0 Å². The fourth-order valence-electron chi connectivity index (χ4n) is 2.06. The van der Waals surface area contributed by atoms with Gasteiger partial charge in [0.25, 0.3) is 0 Å². The molecule has 0 aliphatic heterocycles. The average Bonchev–Trinajstić information content (AvgIpc) is 2.71. The predicted molar refractivity (Wildman–Crippen MR) is 94.9 cm³/mol. The van der Waals surface area contributed by atoms with Gasteiger partial charge in [0.05, 0.1) is 22.8 Å². The molecule has 0 aromatic carbocycles. The molecule has 0 bridgehead atoms. The van der Waals surface area contributed by atoms with E-state index in [9.17, 15) is 0 Å². The van der Waals surface area contributed by atoms with Crippen LogP contribution in [0.5, 0.6) is 0 Å². The maximum atomic E-state index is 4.19. The maximum Gasteiger partial charge on any atom is 3.00 e. The molecule has 4 heterocycles. The van der Waals surface area contributed by atoms with E-state index in [0.717, 1.165) is 22.8 Å². The van der Waals surface area contributed by atoms with E-state index in [1.807, 2.05) is 72.8 Å². The van der Waals surface area contributed by atoms with Gasteiger partial charge in [-0.3, -0.25) is 19.9 Å². The number of hydrogen-bond acceptors (Lipinski definition) is 4. The summed E-state index contributed by atoms with van der Waals surface area (Å²) in [7, 11) is 0. The van der Waals surface area contributed by atoms with Crippen molar-refractivity contribution in [3.05, 3.63) is 97.6 Å². The van der Waals surface area contributed by atoms with E-state index < -0.39 is 0 Å². The molecule has 0 unspecified atom stereocenters. The van der Waals surface area contributed by atoms with Crippen molar-refractivity contribution in [3.8, 4) is 22.8 Å². The fraction of sp³-hybridized carbons (Fsp3) is 0. The maximum absolute atomic E-state index is 4.19. The van der Waals surface area contributed by atoms with Gasteiger partial charge in [0.1, 0.15) is 0 Å². The Balaban J connectivity index is 0.000000173. The van der Waals surface area contributed by atoms with Crippen LogP contribution in [-0.2, 0) is 20.1 Å². The van der Waals surface area contributed by atoms with Crippen molar-refractivity contribution in [3.63, 3.8) is 0 Å². The molecule has 0 radical (unpaired) electrons. The molecular weight excluding hydrogens is 488 g/mol. The van der Waals surface area contributed by atoms with Crippen LogP contribution >= 0.6 is 0 Å². The van der Waals surface area contributed by atoms with Crippen LogP contribution in [0.2, 0.25) is 0 Å². The van der Waals surface area contributed by atoms with Gasteiger partial charge in [0, 0.05) is 24.8 Å². The van der Waals surface area contributed by atoms with E-state index >= 15 is 0 Å². The number of pyridine rings is 4. The number of aromatic nitrogens is 4. The summed E-state index contributed by atoms with van der Waals surface area (Å²) in [5.41, 5.74) is 3.66. The van der Waals surface area contributed by atoms with Crippen molar-refractivity contribution in [2.24, 2.45) is 0 Å². The molecule has 122 valence electrons. The summed E-state index contributed by atoms with van der Waals surface area (Å²) in [5.74, 6) is 0. The van der Waals surface area contributed by atoms with Gasteiger partial charge >= 0.3 is 20.1 Å². The summed E-state index contributed by atoms with van der Waals surface area (Å²) in [6.45, 7) is 0. The van der Waals surface area contributed by atoms with Gasteiger partial charge in [0.2, 0.25) is 0 Å². The molecule has 0 N–H and O–H groups in total. The van der Waals surface area contributed by atoms with Gasteiger partial charge in [-0.25, -0.2) is 0 Å². The van der Waals surface area contributed by atoms with E-state index in [1.54, 1.807) is 24.8 Å². The van der Waals surface area contributed by atoms with Crippen molar-refractivity contribution >= 4 is 0 Å². The Kier molecular flexibility index (Phi) is 7.57. The summed E-state index contributed by atoms with van der Waals surface area (Å²) in [6, 6.07) is 23.2. The molecule has 0 aliphatic rings. The Morgan fingerprint density at radius 1 is 0.360 bits per heavy atom. The molecule has 0 fully saturated rings. The van der Waals surface area contributed by atoms with Gasteiger partial charge in [-0.1, -0.05) is 24.3 Å². The molecule has 25 heavy (non-hydrogen) atoms. The van der Waals surface area contributed by atoms with Crippen molar-refractivity contribution in [2.45, 2.75) is 0 Å². The Labute approximate surface area is 160 Å². The first-order chi connectivity index (χ1) is 11.9. The van der Waals surface area contributed by atoms with Crippen LogP contribution < -0.4 is 0 Å². The van der Waals surface area contributed by atoms with Gasteiger partial charge in [-0.15, -0.1) is 0 Å². The molecule has 0 atom stereocenters. The van der Waals surface area contributed by atoms with E-state index in [-0.39, 0.29) is 20.1 Å². The van der Waals surface area contributed by atoms with Gasteiger partial charge < -0.3 is 0 Å². The van der Waals surface area contributed by atoms with Crippen molar-refractivity contribution in [2.75, 3.05) is 0 Å². The largest absolute Gasteiger partial charge is 3.00 e. The van der Waals surface area contributed by atoms with Crippen LogP contribution in [0.25, 0.3) is 22.8 Å². The molecule has 0 saturated carbocycles. The molecule has 4 aromatic rings. The van der Waals surface area contributed by atoms with E-state index in [0.29, 0.717) is 0 Å². The second-order valence-electron chi connectivity index (χ2n) is 4.86. The van der Waals surface area contributed by atoms with Gasteiger partial charge in [0.15, 0.2) is 0 Å². The molecule has 0 spiro atoms. The molecule has 0 amide bonds. The molecule has 4 nitrogen and oxygen atoms in total. The van der Waals surface area contributed by atoms with Gasteiger partial charge in [-0.2, -0.15) is 0 Å². The van der Waals surface area contributed by atoms with E-state index in [1.165, 1.54) is 0 Å². The second-order valence-corrected chi connectivity index (χ2v) is 4.86. The first kappa shape index (κ1) is 18.6. The number of hydrogen-bond donors (Lipinski definition) is 0. The van der Waals surface area contributed by atoms with Crippen LogP contribution in [-0.4, -0.2) is 19.9 Å². The SMILES string of the molecule is [Ir+3].c1ccc(-c2ccccn2)nc1.c1ccc(-c2ccccn2)nc1. The van der Waals surface area contributed by atoms with Crippen molar-refractivity contribution < 1.29 is 20.1 Å². The summed E-state index contributed by atoms with van der Waals surface area (Å²) in [5, 5.41) is 0. The molecule has 0 aliphatic carbocycles. The summed E-state index contributed by atoms with van der Waals surface area (Å²) < 4.78 is 0. The topological polar surface area (TPSA) is 51.6 Å². The quantitative estimate of drug-likeness (QED) is 0.409. The summed E-state index contributed by atoms with van der Waals surface area (Å²) >= 11 is 0. The van der Waals surface area contributed by atoms with Crippen LogP contribution in [0.4, 0.5) is 0 Å². The zero-order valence-electron chi connectivity index (χ0n) is 13.4. The first-order valence-corrected chi connectivity index (χ1v) is 7.58. The Morgan fingerprint density at radius 2 is 0.600 bits per heavy atom. The third kappa shape index (κ3) is 5.67. The monoisotopic (exact) mass is 505 g/mol. The number of rotatable bonds is 2. The van der Waals surface area contributed by atoms with Crippen molar-refractivity contribution in [1.29, 1.82) is 0 Å². The summed E-state index contributed by atoms with van der Waals surface area (Å²) in [6.07, 6.45) is 7.07. The van der Waals surface area contributed by atoms with Crippen LogP contribution in [0, 0.1) is 0 Å². The van der Waals surface area contributed by atoms with Crippen LogP contribution in [0.1, 0.15) is 0 Å². The first-order valence-electron chi connectivity index (χ1n) is 7.58. The third-order valence-corrected chi connectivity index (χ3v) is 3.18. The molecular formula is C20H16IrN4+3.